The minimum atomic E-state index is -3.72. The van der Waals surface area contributed by atoms with E-state index in [1.54, 1.807) is 21.9 Å². The Morgan fingerprint density at radius 3 is 2.25 bits per heavy atom. The molecule has 2 fully saturated rings. The van der Waals surface area contributed by atoms with E-state index in [4.69, 9.17) is 4.42 Å². The monoisotopic (exact) mass is 459 g/mol. The van der Waals surface area contributed by atoms with Crippen LogP contribution in [0.2, 0.25) is 0 Å². The molecule has 2 saturated heterocycles. The molecule has 32 heavy (non-hydrogen) atoms. The molecule has 0 aliphatic carbocycles. The standard InChI is InChI=1S/C22H25N3O6S/c1-16(26)17-6-8-18(9-7-17)32(29,30)24-13-11-23(12-14-24)21(27)19-4-2-10-25(19)22(28)20-5-3-15-31-20/h3,5-9,15,19H,2,4,10-14H2,1H3/t19-/m0/s1. The molecule has 0 saturated carbocycles. The molecule has 10 heteroatoms. The number of carbonyl (C=O) groups excluding carboxylic acids is 3. The third-order valence-corrected chi connectivity index (χ3v) is 7.89. The molecule has 2 aliphatic rings. The predicted octanol–water partition coefficient (Wildman–Crippen LogP) is 1.62. The van der Waals surface area contributed by atoms with Crippen molar-refractivity contribution in [3.8, 4) is 0 Å². The smallest absolute Gasteiger partial charge is 0.290 e. The van der Waals surface area contributed by atoms with E-state index in [1.807, 2.05) is 0 Å². The fourth-order valence-electron chi connectivity index (χ4n) is 4.18. The summed E-state index contributed by atoms with van der Waals surface area (Å²) >= 11 is 0. The van der Waals surface area contributed by atoms with Crippen LogP contribution in [-0.2, 0) is 14.8 Å². The Morgan fingerprint density at radius 1 is 0.969 bits per heavy atom. The van der Waals surface area contributed by atoms with Gasteiger partial charge in [0.15, 0.2) is 11.5 Å². The van der Waals surface area contributed by atoms with Crippen molar-refractivity contribution >= 4 is 27.6 Å². The van der Waals surface area contributed by atoms with Crippen LogP contribution < -0.4 is 0 Å². The zero-order chi connectivity index (χ0) is 22.9. The summed E-state index contributed by atoms with van der Waals surface area (Å²) in [7, 11) is -3.72. The summed E-state index contributed by atoms with van der Waals surface area (Å²) in [4.78, 5) is 40.5. The minimum absolute atomic E-state index is 0.119. The summed E-state index contributed by atoms with van der Waals surface area (Å²) in [5.74, 6) is -0.393. The van der Waals surface area contributed by atoms with E-state index in [9.17, 15) is 22.8 Å². The van der Waals surface area contributed by atoms with Gasteiger partial charge in [0.05, 0.1) is 11.2 Å². The van der Waals surface area contributed by atoms with Gasteiger partial charge >= 0.3 is 0 Å². The molecule has 1 aromatic carbocycles. The largest absolute Gasteiger partial charge is 0.459 e. The first-order valence-corrected chi connectivity index (χ1v) is 12.0. The third kappa shape index (κ3) is 4.20. The molecule has 1 aromatic heterocycles. The number of carbonyl (C=O) groups is 3. The van der Waals surface area contributed by atoms with Gasteiger partial charge in [-0.25, -0.2) is 8.42 Å². The normalized spacial score (nSPS) is 19.8. The van der Waals surface area contributed by atoms with Gasteiger partial charge < -0.3 is 14.2 Å². The van der Waals surface area contributed by atoms with E-state index >= 15 is 0 Å². The summed E-state index contributed by atoms with van der Waals surface area (Å²) < 4.78 is 32.4. The Morgan fingerprint density at radius 2 is 1.66 bits per heavy atom. The van der Waals surface area contributed by atoms with Crippen molar-refractivity contribution in [2.75, 3.05) is 32.7 Å². The van der Waals surface area contributed by atoms with E-state index in [1.165, 1.54) is 41.8 Å². The Hall–Kier alpha value is -2.98. The SMILES string of the molecule is CC(=O)c1ccc(S(=O)(=O)N2CCN(C(=O)[C@@H]3CCCN3C(=O)c3ccco3)CC2)cc1. The summed E-state index contributed by atoms with van der Waals surface area (Å²) in [5, 5.41) is 0. The van der Waals surface area contributed by atoms with Gasteiger partial charge in [0.25, 0.3) is 5.91 Å². The average Bonchev–Trinajstić information content (AvgIpc) is 3.51. The van der Waals surface area contributed by atoms with Crippen molar-refractivity contribution in [3.05, 3.63) is 54.0 Å². The second-order valence-electron chi connectivity index (χ2n) is 7.94. The van der Waals surface area contributed by atoms with Crippen LogP contribution in [0.3, 0.4) is 0 Å². The fraction of sp³-hybridized carbons (Fsp3) is 0.409. The van der Waals surface area contributed by atoms with E-state index < -0.39 is 16.1 Å². The molecule has 0 unspecified atom stereocenters. The van der Waals surface area contributed by atoms with Crippen molar-refractivity contribution < 1.29 is 27.2 Å². The molecule has 0 N–H and O–H groups in total. The Kier molecular flexibility index (Phi) is 6.16. The van der Waals surface area contributed by atoms with Crippen LogP contribution in [0, 0.1) is 0 Å². The first-order valence-electron chi connectivity index (χ1n) is 10.5. The second-order valence-corrected chi connectivity index (χ2v) is 9.88. The molecule has 9 nitrogen and oxygen atoms in total. The lowest BCUT2D eigenvalue weighted by molar-refractivity contribution is -0.136. The highest BCUT2D eigenvalue weighted by atomic mass is 32.2. The lowest BCUT2D eigenvalue weighted by Gasteiger charge is -2.36. The third-order valence-electron chi connectivity index (χ3n) is 5.98. The summed E-state index contributed by atoms with van der Waals surface area (Å²) in [5.41, 5.74) is 0.449. The van der Waals surface area contributed by atoms with Crippen molar-refractivity contribution in [2.24, 2.45) is 0 Å². The van der Waals surface area contributed by atoms with Crippen molar-refractivity contribution in [1.82, 2.24) is 14.1 Å². The molecule has 0 radical (unpaired) electrons. The number of sulfonamides is 1. The second kappa shape index (κ2) is 8.87. The number of likely N-dealkylation sites (tertiary alicyclic amines) is 1. The Bertz CT molecular complexity index is 1100. The molecule has 2 aliphatic heterocycles. The number of Topliss-reactive ketones (excluding diaryl/α,β-unsaturated/α-hetero) is 1. The molecular weight excluding hydrogens is 434 g/mol. The number of piperazine rings is 1. The topological polar surface area (TPSA) is 108 Å². The Labute approximate surface area is 186 Å². The molecule has 3 heterocycles. The number of hydrogen-bond acceptors (Lipinski definition) is 6. The number of benzene rings is 1. The maximum atomic E-state index is 13.1. The maximum Gasteiger partial charge on any atom is 0.290 e. The highest BCUT2D eigenvalue weighted by Gasteiger charge is 2.39. The van der Waals surface area contributed by atoms with E-state index in [0.29, 0.717) is 18.5 Å². The van der Waals surface area contributed by atoms with Crippen LogP contribution in [0.5, 0.6) is 0 Å². The lowest BCUT2D eigenvalue weighted by Crippen LogP contribution is -2.55. The molecular formula is C22H25N3O6S. The minimum Gasteiger partial charge on any atom is -0.459 e. The summed E-state index contributed by atoms with van der Waals surface area (Å²) in [6.45, 7) is 2.75. The van der Waals surface area contributed by atoms with Gasteiger partial charge in [0.1, 0.15) is 6.04 Å². The first kappa shape index (κ1) is 22.2. The average molecular weight is 460 g/mol. The molecule has 170 valence electrons. The van der Waals surface area contributed by atoms with Crippen molar-refractivity contribution in [2.45, 2.75) is 30.7 Å². The zero-order valence-electron chi connectivity index (χ0n) is 17.8. The lowest BCUT2D eigenvalue weighted by atomic mass is 10.1. The molecule has 1 atom stereocenters. The number of hydrogen-bond donors (Lipinski definition) is 0. The number of ketones is 1. The number of rotatable bonds is 5. The van der Waals surface area contributed by atoms with Gasteiger partial charge in [-0.3, -0.25) is 14.4 Å². The first-order chi connectivity index (χ1) is 15.3. The summed E-state index contributed by atoms with van der Waals surface area (Å²) in [6.07, 6.45) is 2.73. The van der Waals surface area contributed by atoms with Gasteiger partial charge in [-0.05, 0) is 44.0 Å². The number of furan rings is 1. The van der Waals surface area contributed by atoms with E-state index in [0.717, 1.165) is 6.42 Å². The quantitative estimate of drug-likeness (QED) is 0.629. The zero-order valence-corrected chi connectivity index (χ0v) is 18.6. The van der Waals surface area contributed by atoms with Crippen LogP contribution in [0.25, 0.3) is 0 Å². The van der Waals surface area contributed by atoms with Crippen LogP contribution >= 0.6 is 0 Å². The number of nitrogens with zero attached hydrogens (tertiary/aromatic N) is 3. The molecule has 4 rings (SSSR count). The molecule has 2 amide bonds. The Balaban J connectivity index is 1.40. The van der Waals surface area contributed by atoms with Crippen molar-refractivity contribution in [1.29, 1.82) is 0 Å². The van der Waals surface area contributed by atoms with Gasteiger partial charge in [-0.15, -0.1) is 0 Å². The van der Waals surface area contributed by atoms with E-state index in [2.05, 4.69) is 0 Å². The van der Waals surface area contributed by atoms with Gasteiger partial charge in [-0.1, -0.05) is 12.1 Å². The fourth-order valence-corrected chi connectivity index (χ4v) is 5.60. The van der Waals surface area contributed by atoms with Crippen LogP contribution in [-0.4, -0.2) is 78.9 Å². The van der Waals surface area contributed by atoms with Crippen LogP contribution in [0.1, 0.15) is 40.7 Å². The highest BCUT2D eigenvalue weighted by Crippen LogP contribution is 2.24. The molecule has 0 bridgehead atoms. The molecule has 0 spiro atoms. The van der Waals surface area contributed by atoms with Gasteiger partial charge in [0, 0.05) is 38.3 Å². The van der Waals surface area contributed by atoms with Crippen LogP contribution in [0.15, 0.2) is 52.0 Å². The number of amides is 2. The van der Waals surface area contributed by atoms with Crippen molar-refractivity contribution in [3.63, 3.8) is 0 Å². The summed E-state index contributed by atoms with van der Waals surface area (Å²) in [6, 6.07) is 8.51. The molecule has 2 aromatic rings. The predicted molar refractivity (Wildman–Crippen MR) is 115 cm³/mol. The van der Waals surface area contributed by atoms with E-state index in [-0.39, 0.29) is 54.4 Å². The van der Waals surface area contributed by atoms with Crippen LogP contribution in [0.4, 0.5) is 0 Å². The maximum absolute atomic E-state index is 13.1. The highest BCUT2D eigenvalue weighted by molar-refractivity contribution is 7.89. The van der Waals surface area contributed by atoms with Gasteiger partial charge in [0.2, 0.25) is 15.9 Å². The van der Waals surface area contributed by atoms with Gasteiger partial charge in [-0.2, -0.15) is 4.31 Å².